The summed E-state index contributed by atoms with van der Waals surface area (Å²) in [5.74, 6) is 5.53. The molecule has 1 aromatic carbocycles. The molecule has 0 aliphatic carbocycles. The van der Waals surface area contributed by atoms with E-state index in [4.69, 9.17) is 10.6 Å². The Labute approximate surface area is 105 Å². The number of hydrazine groups is 1. The fourth-order valence-corrected chi connectivity index (χ4v) is 1.49. The SMILES string of the molecule is CCCOCC(NN)c1cccc(OC(F)F)c1. The molecule has 6 heteroatoms. The summed E-state index contributed by atoms with van der Waals surface area (Å²) < 4.78 is 33.9. The molecule has 1 unspecified atom stereocenters. The molecule has 18 heavy (non-hydrogen) atoms. The zero-order valence-electron chi connectivity index (χ0n) is 10.2. The summed E-state index contributed by atoms with van der Waals surface area (Å²) in [5, 5.41) is 0. The topological polar surface area (TPSA) is 56.5 Å². The third kappa shape index (κ3) is 4.95. The van der Waals surface area contributed by atoms with Crippen LogP contribution in [0.2, 0.25) is 0 Å². The number of nitrogens with two attached hydrogens (primary N) is 1. The highest BCUT2D eigenvalue weighted by molar-refractivity contribution is 5.30. The molecule has 0 saturated heterocycles. The van der Waals surface area contributed by atoms with Crippen molar-refractivity contribution in [3.8, 4) is 5.75 Å². The van der Waals surface area contributed by atoms with Crippen molar-refractivity contribution in [3.05, 3.63) is 29.8 Å². The summed E-state index contributed by atoms with van der Waals surface area (Å²) in [6.07, 6.45) is 0.909. The maximum absolute atomic E-state index is 12.1. The zero-order chi connectivity index (χ0) is 13.4. The highest BCUT2D eigenvalue weighted by atomic mass is 19.3. The van der Waals surface area contributed by atoms with E-state index in [1.807, 2.05) is 6.92 Å². The van der Waals surface area contributed by atoms with E-state index in [1.54, 1.807) is 12.1 Å². The number of ether oxygens (including phenoxy) is 2. The van der Waals surface area contributed by atoms with E-state index < -0.39 is 6.61 Å². The quantitative estimate of drug-likeness (QED) is 0.427. The van der Waals surface area contributed by atoms with Gasteiger partial charge in [0.2, 0.25) is 0 Å². The van der Waals surface area contributed by atoms with Crippen molar-refractivity contribution >= 4 is 0 Å². The van der Waals surface area contributed by atoms with E-state index in [9.17, 15) is 8.78 Å². The van der Waals surface area contributed by atoms with Crippen molar-refractivity contribution in [1.82, 2.24) is 5.43 Å². The van der Waals surface area contributed by atoms with Gasteiger partial charge in [0.05, 0.1) is 12.6 Å². The van der Waals surface area contributed by atoms with Gasteiger partial charge in [-0.15, -0.1) is 0 Å². The Morgan fingerprint density at radius 3 is 2.78 bits per heavy atom. The summed E-state index contributed by atoms with van der Waals surface area (Å²) in [6.45, 7) is 0.177. The fraction of sp³-hybridized carbons (Fsp3) is 0.500. The third-order valence-corrected chi connectivity index (χ3v) is 2.32. The summed E-state index contributed by atoms with van der Waals surface area (Å²) in [4.78, 5) is 0. The van der Waals surface area contributed by atoms with Crippen LogP contribution in [0, 0.1) is 0 Å². The van der Waals surface area contributed by atoms with Crippen LogP contribution >= 0.6 is 0 Å². The van der Waals surface area contributed by atoms with Crippen LogP contribution in [0.4, 0.5) is 8.78 Å². The molecule has 0 aliphatic heterocycles. The Morgan fingerprint density at radius 1 is 1.39 bits per heavy atom. The van der Waals surface area contributed by atoms with Gasteiger partial charge in [0, 0.05) is 6.61 Å². The van der Waals surface area contributed by atoms with Gasteiger partial charge < -0.3 is 9.47 Å². The van der Waals surface area contributed by atoms with Gasteiger partial charge in [-0.25, -0.2) is 0 Å². The van der Waals surface area contributed by atoms with Gasteiger partial charge >= 0.3 is 6.61 Å². The molecule has 0 saturated carbocycles. The molecule has 3 N–H and O–H groups in total. The number of nitrogens with one attached hydrogen (secondary N) is 1. The molecular formula is C12H18F2N2O2. The van der Waals surface area contributed by atoms with Crippen molar-refractivity contribution in [2.45, 2.75) is 26.0 Å². The Morgan fingerprint density at radius 2 is 2.17 bits per heavy atom. The fourth-order valence-electron chi connectivity index (χ4n) is 1.49. The maximum Gasteiger partial charge on any atom is 0.387 e. The van der Waals surface area contributed by atoms with Crippen LogP contribution in [0.3, 0.4) is 0 Å². The highest BCUT2D eigenvalue weighted by Crippen LogP contribution is 2.20. The van der Waals surface area contributed by atoms with E-state index in [1.165, 1.54) is 12.1 Å². The minimum Gasteiger partial charge on any atom is -0.435 e. The standard InChI is InChI=1S/C12H18F2N2O2/c1-2-6-17-8-11(16-15)9-4-3-5-10(7-9)18-12(13)14/h3-5,7,11-12,16H,2,6,8,15H2,1H3. The van der Waals surface area contributed by atoms with Crippen molar-refractivity contribution in [3.63, 3.8) is 0 Å². The molecule has 0 aliphatic rings. The smallest absolute Gasteiger partial charge is 0.387 e. The first-order valence-corrected chi connectivity index (χ1v) is 5.76. The average Bonchev–Trinajstić information content (AvgIpc) is 2.34. The molecule has 4 nitrogen and oxygen atoms in total. The predicted octanol–water partition coefficient (Wildman–Crippen LogP) is 2.22. The Bertz CT molecular complexity index is 351. The van der Waals surface area contributed by atoms with Crippen molar-refractivity contribution in [2.75, 3.05) is 13.2 Å². The molecule has 1 rings (SSSR count). The second-order valence-electron chi connectivity index (χ2n) is 3.75. The van der Waals surface area contributed by atoms with Crippen LogP contribution in [-0.4, -0.2) is 19.8 Å². The number of hydrogen-bond acceptors (Lipinski definition) is 4. The number of benzene rings is 1. The minimum atomic E-state index is -2.83. The third-order valence-electron chi connectivity index (χ3n) is 2.32. The van der Waals surface area contributed by atoms with Crippen LogP contribution in [-0.2, 0) is 4.74 Å². The van der Waals surface area contributed by atoms with Gasteiger partial charge in [0.25, 0.3) is 0 Å². The van der Waals surface area contributed by atoms with Gasteiger partial charge in [0.15, 0.2) is 0 Å². The summed E-state index contributed by atoms with van der Waals surface area (Å²) in [5.41, 5.74) is 3.33. The van der Waals surface area contributed by atoms with Gasteiger partial charge in [-0.3, -0.25) is 11.3 Å². The summed E-state index contributed by atoms with van der Waals surface area (Å²) in [7, 11) is 0. The van der Waals surface area contributed by atoms with Crippen LogP contribution in [0.1, 0.15) is 24.9 Å². The average molecular weight is 260 g/mol. The first-order valence-electron chi connectivity index (χ1n) is 5.76. The van der Waals surface area contributed by atoms with Crippen LogP contribution in [0.25, 0.3) is 0 Å². The second kappa shape index (κ2) is 7.97. The zero-order valence-corrected chi connectivity index (χ0v) is 10.2. The van der Waals surface area contributed by atoms with Gasteiger partial charge in [-0.05, 0) is 24.1 Å². The van der Waals surface area contributed by atoms with E-state index in [0.717, 1.165) is 12.0 Å². The normalized spacial score (nSPS) is 12.7. The number of alkyl halides is 2. The lowest BCUT2D eigenvalue weighted by Gasteiger charge is -2.17. The Balaban J connectivity index is 2.66. The Hall–Kier alpha value is -1.24. The van der Waals surface area contributed by atoms with Crippen LogP contribution < -0.4 is 16.0 Å². The minimum absolute atomic E-state index is 0.109. The van der Waals surface area contributed by atoms with E-state index >= 15 is 0 Å². The van der Waals surface area contributed by atoms with Gasteiger partial charge in [0.1, 0.15) is 5.75 Å². The molecule has 0 bridgehead atoms. The molecule has 0 aromatic heterocycles. The van der Waals surface area contributed by atoms with E-state index in [2.05, 4.69) is 10.2 Å². The van der Waals surface area contributed by atoms with Crippen LogP contribution in [0.5, 0.6) is 5.75 Å². The molecule has 0 radical (unpaired) electrons. The summed E-state index contributed by atoms with van der Waals surface area (Å²) in [6, 6.07) is 6.15. The molecule has 102 valence electrons. The molecule has 0 fully saturated rings. The lowest BCUT2D eigenvalue weighted by Crippen LogP contribution is -2.31. The first-order chi connectivity index (χ1) is 8.67. The lowest BCUT2D eigenvalue weighted by atomic mass is 10.1. The van der Waals surface area contributed by atoms with Crippen molar-refractivity contribution in [1.29, 1.82) is 0 Å². The highest BCUT2D eigenvalue weighted by Gasteiger charge is 2.12. The number of halogens is 2. The molecule has 1 atom stereocenters. The van der Waals surface area contributed by atoms with Crippen molar-refractivity contribution in [2.24, 2.45) is 5.84 Å². The molecule has 1 aromatic rings. The molecular weight excluding hydrogens is 242 g/mol. The van der Waals surface area contributed by atoms with Crippen LogP contribution in [0.15, 0.2) is 24.3 Å². The van der Waals surface area contributed by atoms with Gasteiger partial charge in [-0.2, -0.15) is 8.78 Å². The largest absolute Gasteiger partial charge is 0.435 e. The molecule has 0 amide bonds. The van der Waals surface area contributed by atoms with Gasteiger partial charge in [-0.1, -0.05) is 19.1 Å². The lowest BCUT2D eigenvalue weighted by molar-refractivity contribution is -0.0499. The maximum atomic E-state index is 12.1. The monoisotopic (exact) mass is 260 g/mol. The van der Waals surface area contributed by atoms with E-state index in [0.29, 0.717) is 13.2 Å². The number of hydrogen-bond donors (Lipinski definition) is 2. The molecule has 0 heterocycles. The molecule has 0 spiro atoms. The second-order valence-corrected chi connectivity index (χ2v) is 3.75. The predicted molar refractivity (Wildman–Crippen MR) is 64.2 cm³/mol. The Kier molecular flexibility index (Phi) is 6.56. The first kappa shape index (κ1) is 14.8. The number of rotatable bonds is 8. The van der Waals surface area contributed by atoms with Crippen molar-refractivity contribution < 1.29 is 18.3 Å². The summed E-state index contributed by atoms with van der Waals surface area (Å²) >= 11 is 0. The van der Waals surface area contributed by atoms with E-state index in [-0.39, 0.29) is 11.8 Å².